The first-order chi connectivity index (χ1) is 15.5. The van der Waals surface area contributed by atoms with Crippen molar-refractivity contribution >= 4 is 39.7 Å². The number of thiazole rings is 1. The van der Waals surface area contributed by atoms with Crippen LogP contribution in [0.15, 0.2) is 66.2 Å². The molecule has 5 rings (SSSR count). The largest absolute Gasteiger partial charge is 0.360 e. The second-order valence-corrected chi connectivity index (χ2v) is 7.97. The predicted molar refractivity (Wildman–Crippen MR) is 121 cm³/mol. The number of aromatic amines is 1. The van der Waals surface area contributed by atoms with Gasteiger partial charge in [0.15, 0.2) is 0 Å². The zero-order valence-electron chi connectivity index (χ0n) is 16.8. The van der Waals surface area contributed by atoms with Gasteiger partial charge in [-0.3, -0.25) is 9.59 Å². The second-order valence-electron chi connectivity index (χ2n) is 7.14. The van der Waals surface area contributed by atoms with Crippen molar-refractivity contribution in [1.29, 1.82) is 0 Å². The van der Waals surface area contributed by atoms with Gasteiger partial charge in [0.05, 0.1) is 17.0 Å². The number of fused-ring (bicyclic) bond motifs is 1. The Balaban J connectivity index is 1.42. The summed E-state index contributed by atoms with van der Waals surface area (Å²) in [5.41, 5.74) is 3.15. The molecule has 9 heteroatoms. The number of H-pyrrole nitrogens is 1. The van der Waals surface area contributed by atoms with Crippen molar-refractivity contribution < 1.29 is 14.0 Å². The Hall–Kier alpha value is -4.11. The van der Waals surface area contributed by atoms with Crippen LogP contribution in [0.5, 0.6) is 0 Å². The summed E-state index contributed by atoms with van der Waals surface area (Å²) in [6.45, 7) is 1.78. The molecular formula is C23H16FN5O2S. The Kier molecular flexibility index (Phi) is 4.87. The Bertz CT molecular complexity index is 1470. The van der Waals surface area contributed by atoms with Crippen LogP contribution in [-0.4, -0.2) is 31.4 Å². The van der Waals surface area contributed by atoms with Crippen LogP contribution in [0.25, 0.3) is 27.3 Å². The van der Waals surface area contributed by atoms with E-state index in [1.54, 1.807) is 31.2 Å². The number of rotatable bonds is 5. The average molecular weight is 445 g/mol. The lowest BCUT2D eigenvalue weighted by molar-refractivity contribution is -0.112. The molecule has 0 radical (unpaired) electrons. The Morgan fingerprint density at radius 1 is 1.12 bits per heavy atom. The number of hydrogen-bond acceptors (Lipinski definition) is 5. The quantitative estimate of drug-likeness (QED) is 0.302. The fraction of sp³-hybridized carbons (Fsp3) is 0.0435. The number of anilines is 1. The third-order valence-electron chi connectivity index (χ3n) is 4.93. The minimum atomic E-state index is -0.772. The monoisotopic (exact) mass is 445 g/mol. The maximum atomic E-state index is 13.2. The van der Waals surface area contributed by atoms with Crippen LogP contribution < -0.4 is 5.32 Å². The number of ketones is 1. The zero-order valence-corrected chi connectivity index (χ0v) is 17.6. The number of carbonyl (C=O) groups is 2. The molecule has 3 aromatic heterocycles. The molecule has 0 unspecified atom stereocenters. The highest BCUT2D eigenvalue weighted by molar-refractivity contribution is 7.12. The zero-order chi connectivity index (χ0) is 22.2. The van der Waals surface area contributed by atoms with Crippen molar-refractivity contribution in [2.24, 2.45) is 0 Å². The number of benzene rings is 2. The summed E-state index contributed by atoms with van der Waals surface area (Å²) in [5.74, 6) is -1.41. The fourth-order valence-corrected chi connectivity index (χ4v) is 4.20. The smallest absolute Gasteiger partial charge is 0.298 e. The maximum Gasteiger partial charge on any atom is 0.298 e. The molecule has 0 aliphatic heterocycles. The molecule has 0 spiro atoms. The van der Waals surface area contributed by atoms with Gasteiger partial charge in [0.25, 0.3) is 11.7 Å². The van der Waals surface area contributed by atoms with Crippen molar-refractivity contribution in [2.45, 2.75) is 6.92 Å². The van der Waals surface area contributed by atoms with Gasteiger partial charge in [-0.15, -0.1) is 11.3 Å². The summed E-state index contributed by atoms with van der Waals surface area (Å²) in [4.78, 5) is 33.1. The van der Waals surface area contributed by atoms with E-state index in [1.165, 1.54) is 34.3 Å². The molecular weight excluding hydrogens is 429 g/mol. The van der Waals surface area contributed by atoms with E-state index in [-0.39, 0.29) is 5.82 Å². The number of nitrogens with one attached hydrogen (secondary N) is 2. The SMILES string of the molecule is Cc1cc(NC(=O)C(=O)c2c[nH]c3ccccc23)n(-c2nc(-c3ccc(F)cc3)cs2)n1. The Morgan fingerprint density at radius 3 is 2.72 bits per heavy atom. The molecule has 0 fully saturated rings. The van der Waals surface area contributed by atoms with Crippen molar-refractivity contribution in [3.05, 3.63) is 83.2 Å². The van der Waals surface area contributed by atoms with E-state index in [2.05, 4.69) is 20.4 Å². The van der Waals surface area contributed by atoms with Gasteiger partial charge in [-0.05, 0) is 37.3 Å². The predicted octanol–water partition coefficient (Wildman–Crippen LogP) is 4.75. The summed E-state index contributed by atoms with van der Waals surface area (Å²) < 4.78 is 14.7. The molecule has 158 valence electrons. The summed E-state index contributed by atoms with van der Waals surface area (Å²) in [6, 6.07) is 15.0. The van der Waals surface area contributed by atoms with E-state index >= 15 is 0 Å². The standard InChI is InChI=1S/C23H16FN5O2S/c1-13-10-20(27-22(31)21(30)17-11-25-18-5-3-2-4-16(17)18)29(28-13)23-26-19(12-32-23)14-6-8-15(24)9-7-14/h2-12,25H,1H3,(H,27,31). The van der Waals surface area contributed by atoms with Gasteiger partial charge in [-0.2, -0.15) is 9.78 Å². The van der Waals surface area contributed by atoms with Crippen molar-refractivity contribution in [3.63, 3.8) is 0 Å². The number of carbonyl (C=O) groups excluding carboxylic acids is 2. The van der Waals surface area contributed by atoms with Crippen molar-refractivity contribution in [1.82, 2.24) is 19.7 Å². The number of halogens is 1. The second kappa shape index (κ2) is 7.86. The number of aryl methyl sites for hydroxylation is 1. The molecule has 2 N–H and O–H groups in total. The molecule has 0 atom stereocenters. The van der Waals surface area contributed by atoms with Crippen LogP contribution in [0.2, 0.25) is 0 Å². The van der Waals surface area contributed by atoms with Crippen LogP contribution in [-0.2, 0) is 4.79 Å². The summed E-state index contributed by atoms with van der Waals surface area (Å²) in [7, 11) is 0. The van der Waals surface area contributed by atoms with E-state index in [9.17, 15) is 14.0 Å². The first-order valence-corrected chi connectivity index (χ1v) is 10.6. The highest BCUT2D eigenvalue weighted by atomic mass is 32.1. The molecule has 3 heterocycles. The van der Waals surface area contributed by atoms with Crippen LogP contribution in [0.4, 0.5) is 10.2 Å². The number of nitrogens with zero attached hydrogens (tertiary/aromatic N) is 3. The van der Waals surface area contributed by atoms with Crippen LogP contribution in [0.3, 0.4) is 0 Å². The third-order valence-corrected chi connectivity index (χ3v) is 5.74. The van der Waals surface area contributed by atoms with Gasteiger partial charge in [0.2, 0.25) is 5.13 Å². The van der Waals surface area contributed by atoms with E-state index in [0.717, 1.165) is 11.1 Å². The van der Waals surface area contributed by atoms with E-state index < -0.39 is 11.7 Å². The van der Waals surface area contributed by atoms with Crippen molar-refractivity contribution in [3.8, 4) is 16.4 Å². The average Bonchev–Trinajstić information content (AvgIpc) is 3.52. The molecule has 5 aromatic rings. The highest BCUT2D eigenvalue weighted by Gasteiger charge is 2.22. The molecule has 0 bridgehead atoms. The van der Waals surface area contributed by atoms with E-state index in [0.29, 0.717) is 33.3 Å². The molecule has 0 saturated carbocycles. The minimum Gasteiger partial charge on any atom is -0.360 e. The van der Waals surface area contributed by atoms with Gasteiger partial charge in [-0.25, -0.2) is 9.37 Å². The molecule has 0 saturated heterocycles. The highest BCUT2D eigenvalue weighted by Crippen LogP contribution is 2.27. The Morgan fingerprint density at radius 2 is 1.91 bits per heavy atom. The molecule has 32 heavy (non-hydrogen) atoms. The molecule has 0 aliphatic carbocycles. The van der Waals surface area contributed by atoms with E-state index in [4.69, 9.17) is 0 Å². The first-order valence-electron chi connectivity index (χ1n) is 9.70. The Labute approximate surface area is 185 Å². The number of Topliss-reactive ketones (excluding diaryl/α,β-unsaturated/α-hetero) is 1. The number of hydrogen-bond donors (Lipinski definition) is 2. The summed E-state index contributed by atoms with van der Waals surface area (Å²) >= 11 is 1.32. The molecule has 0 aliphatic rings. The summed E-state index contributed by atoms with van der Waals surface area (Å²) in [5, 5.41) is 10.1. The minimum absolute atomic E-state index is 0.300. The lowest BCUT2D eigenvalue weighted by Crippen LogP contribution is -2.24. The van der Waals surface area contributed by atoms with Gasteiger partial charge in [-0.1, -0.05) is 18.2 Å². The van der Waals surface area contributed by atoms with Gasteiger partial charge in [0.1, 0.15) is 11.6 Å². The number of amides is 1. The lowest BCUT2D eigenvalue weighted by atomic mass is 10.1. The molecule has 2 aromatic carbocycles. The van der Waals surface area contributed by atoms with Crippen LogP contribution in [0.1, 0.15) is 16.1 Å². The normalized spacial score (nSPS) is 11.1. The van der Waals surface area contributed by atoms with E-state index in [1.807, 2.05) is 23.6 Å². The summed E-state index contributed by atoms with van der Waals surface area (Å²) in [6.07, 6.45) is 1.53. The topological polar surface area (TPSA) is 92.7 Å². The van der Waals surface area contributed by atoms with Crippen LogP contribution in [0, 0.1) is 12.7 Å². The fourth-order valence-electron chi connectivity index (χ4n) is 3.40. The van der Waals surface area contributed by atoms with Gasteiger partial charge in [0, 0.05) is 34.1 Å². The number of para-hydroxylation sites is 1. The van der Waals surface area contributed by atoms with Gasteiger partial charge >= 0.3 is 0 Å². The third kappa shape index (κ3) is 3.58. The molecule has 1 amide bonds. The molecule has 7 nitrogen and oxygen atoms in total. The van der Waals surface area contributed by atoms with Crippen molar-refractivity contribution in [2.75, 3.05) is 5.32 Å². The van der Waals surface area contributed by atoms with Crippen LogP contribution >= 0.6 is 11.3 Å². The number of aromatic nitrogens is 4. The van der Waals surface area contributed by atoms with Gasteiger partial charge < -0.3 is 10.3 Å². The maximum absolute atomic E-state index is 13.2. The first kappa shape index (κ1) is 19.8. The lowest BCUT2D eigenvalue weighted by Gasteiger charge is -2.06.